The van der Waals surface area contributed by atoms with Crippen LogP contribution in [-0.4, -0.2) is 16.6 Å². The number of hydrogen-bond acceptors (Lipinski definition) is 3. The summed E-state index contributed by atoms with van der Waals surface area (Å²) >= 11 is 19.3. The summed E-state index contributed by atoms with van der Waals surface area (Å²) in [6.07, 6.45) is 0. The molecule has 1 aromatic heterocycles. The van der Waals surface area contributed by atoms with Gasteiger partial charge in [0.05, 0.1) is 26.5 Å². The molecule has 0 aliphatic rings. The lowest BCUT2D eigenvalue weighted by molar-refractivity contribution is -0.113. The summed E-state index contributed by atoms with van der Waals surface area (Å²) in [4.78, 5) is 16.9. The third-order valence-corrected chi connectivity index (χ3v) is 4.74. The van der Waals surface area contributed by atoms with Gasteiger partial charge in [-0.1, -0.05) is 46.9 Å². The number of nitrogens with one attached hydrogen (secondary N) is 1. The number of anilines is 1. The summed E-state index contributed by atoms with van der Waals surface area (Å²) in [5.41, 5.74) is 0.607. The van der Waals surface area contributed by atoms with Crippen LogP contribution in [0.25, 0.3) is 0 Å². The van der Waals surface area contributed by atoms with Crippen molar-refractivity contribution in [1.29, 1.82) is 0 Å². The first-order chi connectivity index (χ1) is 9.97. The fraction of sp³-hybridized carbons (Fsp3) is 0.143. The van der Waals surface area contributed by atoms with Gasteiger partial charge in [-0.05, 0) is 25.1 Å². The van der Waals surface area contributed by atoms with E-state index in [9.17, 15) is 4.79 Å². The molecule has 1 heterocycles. The van der Waals surface area contributed by atoms with Gasteiger partial charge in [0.2, 0.25) is 5.91 Å². The van der Waals surface area contributed by atoms with E-state index in [2.05, 4.69) is 10.3 Å². The van der Waals surface area contributed by atoms with Crippen molar-refractivity contribution in [3.63, 3.8) is 0 Å². The minimum atomic E-state index is -0.212. The number of benzene rings is 1. The molecule has 0 bridgehead atoms. The lowest BCUT2D eigenvalue weighted by Gasteiger charge is -2.08. The minimum Gasteiger partial charge on any atom is -0.309 e. The first-order valence-electron chi connectivity index (χ1n) is 5.97. The second-order valence-corrected chi connectivity index (χ2v) is 6.39. The largest absolute Gasteiger partial charge is 0.309 e. The van der Waals surface area contributed by atoms with Gasteiger partial charge in [-0.25, -0.2) is 4.98 Å². The van der Waals surface area contributed by atoms with E-state index >= 15 is 0 Å². The molecule has 0 unspecified atom stereocenters. The summed E-state index contributed by atoms with van der Waals surface area (Å²) in [5, 5.41) is 4.05. The Bertz CT molecular complexity index is 679. The Balaban J connectivity index is 1.99. The molecule has 0 aliphatic heterocycles. The number of nitrogens with zero attached hydrogens (tertiary/aromatic N) is 1. The number of thioether (sulfide) groups is 1. The maximum absolute atomic E-state index is 11.9. The van der Waals surface area contributed by atoms with Crippen LogP contribution in [0.15, 0.2) is 35.2 Å². The van der Waals surface area contributed by atoms with E-state index < -0.39 is 0 Å². The van der Waals surface area contributed by atoms with Crippen LogP contribution >= 0.6 is 46.6 Å². The molecule has 1 aromatic carbocycles. The van der Waals surface area contributed by atoms with Crippen LogP contribution in [0, 0.1) is 6.92 Å². The Hall–Kier alpha value is -0.940. The van der Waals surface area contributed by atoms with E-state index in [4.69, 9.17) is 34.8 Å². The van der Waals surface area contributed by atoms with Gasteiger partial charge in [0.1, 0.15) is 0 Å². The molecule has 0 aliphatic carbocycles. The van der Waals surface area contributed by atoms with E-state index in [0.717, 1.165) is 4.90 Å². The van der Waals surface area contributed by atoms with Crippen molar-refractivity contribution in [3.05, 3.63) is 51.1 Å². The maximum Gasteiger partial charge on any atom is 0.235 e. The first kappa shape index (κ1) is 16.4. The van der Waals surface area contributed by atoms with Gasteiger partial charge in [-0.15, -0.1) is 11.8 Å². The Labute approximate surface area is 142 Å². The Morgan fingerprint density at radius 3 is 2.62 bits per heavy atom. The Morgan fingerprint density at radius 1 is 1.19 bits per heavy atom. The minimum absolute atomic E-state index is 0.212. The highest BCUT2D eigenvalue weighted by Crippen LogP contribution is 2.28. The molecule has 0 saturated heterocycles. The topological polar surface area (TPSA) is 42.0 Å². The quantitative estimate of drug-likeness (QED) is 0.772. The number of hydrogen-bond donors (Lipinski definition) is 1. The van der Waals surface area contributed by atoms with Crippen LogP contribution in [0.4, 0.5) is 5.82 Å². The summed E-state index contributed by atoms with van der Waals surface area (Å²) in [6.45, 7) is 1.74. The van der Waals surface area contributed by atoms with Crippen LogP contribution in [0.2, 0.25) is 15.1 Å². The summed E-state index contributed by atoms with van der Waals surface area (Å²) in [6, 6.07) is 8.91. The van der Waals surface area contributed by atoms with Crippen molar-refractivity contribution < 1.29 is 4.79 Å². The number of aryl methyl sites for hydroxylation is 1. The SMILES string of the molecule is Cc1nc(NC(=O)CSc2ccccc2Cl)c(Cl)cc1Cl. The fourth-order valence-electron chi connectivity index (χ4n) is 1.52. The van der Waals surface area contributed by atoms with Crippen molar-refractivity contribution in [3.8, 4) is 0 Å². The van der Waals surface area contributed by atoms with Gasteiger partial charge in [-0.3, -0.25) is 4.79 Å². The van der Waals surface area contributed by atoms with Crippen molar-refractivity contribution in [2.24, 2.45) is 0 Å². The normalized spacial score (nSPS) is 10.5. The highest BCUT2D eigenvalue weighted by molar-refractivity contribution is 8.00. The van der Waals surface area contributed by atoms with Gasteiger partial charge in [0.25, 0.3) is 0 Å². The first-order valence-corrected chi connectivity index (χ1v) is 8.09. The second-order valence-electron chi connectivity index (χ2n) is 4.15. The van der Waals surface area contributed by atoms with Crippen molar-refractivity contribution in [1.82, 2.24) is 4.98 Å². The van der Waals surface area contributed by atoms with Crippen LogP contribution < -0.4 is 5.32 Å². The predicted molar refractivity (Wildman–Crippen MR) is 89.8 cm³/mol. The third kappa shape index (κ3) is 4.51. The zero-order valence-corrected chi connectivity index (χ0v) is 14.1. The summed E-state index contributed by atoms with van der Waals surface area (Å²) in [5.74, 6) is 0.308. The molecule has 3 nitrogen and oxygen atoms in total. The van der Waals surface area contributed by atoms with Crippen LogP contribution in [0.5, 0.6) is 0 Å². The molecule has 2 rings (SSSR count). The Kier molecular flexibility index (Phi) is 5.76. The smallest absolute Gasteiger partial charge is 0.235 e. The zero-order valence-electron chi connectivity index (χ0n) is 11.0. The molecule has 110 valence electrons. The molecule has 21 heavy (non-hydrogen) atoms. The average molecular weight is 362 g/mol. The van der Waals surface area contributed by atoms with E-state index in [0.29, 0.717) is 26.6 Å². The number of halogens is 3. The summed E-state index contributed by atoms with van der Waals surface area (Å²) < 4.78 is 0. The highest BCUT2D eigenvalue weighted by atomic mass is 35.5. The molecule has 0 saturated carbocycles. The highest BCUT2D eigenvalue weighted by Gasteiger charge is 2.11. The van der Waals surface area contributed by atoms with Crippen molar-refractivity contribution >= 4 is 58.3 Å². The molecular weight excluding hydrogens is 351 g/mol. The molecule has 0 atom stereocenters. The van der Waals surface area contributed by atoms with Gasteiger partial charge in [0, 0.05) is 4.90 Å². The molecule has 1 amide bonds. The standard InChI is InChI=1S/C14H11Cl3N2OS/c1-8-10(16)6-11(17)14(18-8)19-13(20)7-21-12-5-3-2-4-9(12)15/h2-6H,7H2,1H3,(H,18,19,20). The molecule has 2 aromatic rings. The number of carbonyl (C=O) groups excluding carboxylic acids is 1. The number of rotatable bonds is 4. The van der Waals surface area contributed by atoms with Gasteiger partial charge < -0.3 is 5.32 Å². The van der Waals surface area contributed by atoms with Gasteiger partial charge in [0.15, 0.2) is 5.82 Å². The molecule has 0 spiro atoms. The zero-order chi connectivity index (χ0) is 15.4. The van der Waals surface area contributed by atoms with Crippen LogP contribution in [0.1, 0.15) is 5.69 Å². The van der Waals surface area contributed by atoms with Crippen LogP contribution in [-0.2, 0) is 4.79 Å². The third-order valence-electron chi connectivity index (χ3n) is 2.56. The number of carbonyl (C=O) groups is 1. The fourth-order valence-corrected chi connectivity index (χ4v) is 2.96. The maximum atomic E-state index is 11.9. The Morgan fingerprint density at radius 2 is 1.90 bits per heavy atom. The predicted octanol–water partition coefficient (Wildman–Crippen LogP) is 5.08. The van der Waals surface area contributed by atoms with Gasteiger partial charge >= 0.3 is 0 Å². The van der Waals surface area contributed by atoms with E-state index in [1.54, 1.807) is 19.1 Å². The molecule has 7 heteroatoms. The van der Waals surface area contributed by atoms with Crippen molar-refractivity contribution in [2.75, 3.05) is 11.1 Å². The lowest BCUT2D eigenvalue weighted by atomic mass is 10.3. The van der Waals surface area contributed by atoms with E-state index in [1.165, 1.54) is 11.8 Å². The van der Waals surface area contributed by atoms with Gasteiger partial charge in [-0.2, -0.15) is 0 Å². The number of amides is 1. The van der Waals surface area contributed by atoms with E-state index in [-0.39, 0.29) is 11.7 Å². The molecule has 0 fully saturated rings. The van der Waals surface area contributed by atoms with Crippen molar-refractivity contribution in [2.45, 2.75) is 11.8 Å². The van der Waals surface area contributed by atoms with E-state index in [1.807, 2.05) is 18.2 Å². The second kappa shape index (κ2) is 7.36. The molecule has 0 radical (unpaired) electrons. The molecule has 1 N–H and O–H groups in total. The number of aromatic nitrogens is 1. The summed E-state index contributed by atoms with van der Waals surface area (Å²) in [7, 11) is 0. The van der Waals surface area contributed by atoms with Crippen LogP contribution in [0.3, 0.4) is 0 Å². The number of pyridine rings is 1. The molecular formula is C14H11Cl3N2OS. The lowest BCUT2D eigenvalue weighted by Crippen LogP contribution is -2.15. The monoisotopic (exact) mass is 360 g/mol. The average Bonchev–Trinajstić information content (AvgIpc) is 2.44.